The number of benzene rings is 3. The average molecular weight is 972 g/mol. The summed E-state index contributed by atoms with van der Waals surface area (Å²) in [7, 11) is 0. The van der Waals surface area contributed by atoms with E-state index in [0.717, 1.165) is 10.5 Å². The average Bonchev–Trinajstić information content (AvgIpc) is 3.76. The Balaban J connectivity index is 1.53. The highest BCUT2D eigenvalue weighted by atomic mass is 19.2. The highest BCUT2D eigenvalue weighted by Gasteiger charge is 2.44. The van der Waals surface area contributed by atoms with E-state index in [4.69, 9.17) is 15.2 Å². The van der Waals surface area contributed by atoms with Crippen LogP contribution in [0.2, 0.25) is 0 Å². The van der Waals surface area contributed by atoms with E-state index < -0.39 is 131 Å². The zero-order valence-corrected chi connectivity index (χ0v) is 37.8. The Hall–Kier alpha value is -7.43. The van der Waals surface area contributed by atoms with Crippen molar-refractivity contribution in [1.29, 1.82) is 0 Å². The van der Waals surface area contributed by atoms with Gasteiger partial charge in [-0.2, -0.15) is 0 Å². The molecule has 3 aromatic carbocycles. The first-order valence-corrected chi connectivity index (χ1v) is 21.8. The summed E-state index contributed by atoms with van der Waals surface area (Å²) < 4.78 is 68.2. The molecular weight excluding hydrogens is 919 g/mol. The zero-order valence-electron chi connectivity index (χ0n) is 37.8. The Morgan fingerprint density at radius 1 is 0.797 bits per heavy atom. The molecule has 4 rings (SSSR count). The number of Topliss-reactive ketones (excluding diaryl/α,β-unsaturated/α-hetero) is 1. The molecule has 8 N–H and O–H groups in total. The van der Waals surface area contributed by atoms with Crippen molar-refractivity contribution in [2.24, 2.45) is 11.7 Å². The highest BCUT2D eigenvalue weighted by Crippen LogP contribution is 2.26. The summed E-state index contributed by atoms with van der Waals surface area (Å²) >= 11 is 0. The Morgan fingerprint density at radius 2 is 1.42 bits per heavy atom. The lowest BCUT2D eigenvalue weighted by molar-refractivity contribution is -0.143. The molecular formula is C46H53F4N7O12. The third-order valence-corrected chi connectivity index (χ3v) is 10.5. The topological polar surface area (TPSA) is 282 Å². The SMILES string of the molecule is CCCC(NC(=O)C1CC(OCc2ccccc2)CN1C(=O)C(CCCNC(=O)c1c(F)c(F)c(F)c(F)c1C(=O)O)NC(=O)OCC(C)C)C(=O)C(=O)NCC(=O)NC(C(N)=O)c1ccccc1. The van der Waals surface area contributed by atoms with E-state index in [1.54, 1.807) is 81.4 Å². The molecule has 19 nitrogen and oxygen atoms in total. The number of carboxylic acid groups (broad SMARTS) is 1. The standard InChI is InChI=1S/C46H53F4N7O12/c1-4-12-28(39(59)43(63)53-20-31(58)56-38(40(51)60)26-15-9-6-10-16-26)54-41(61)30-19-27(68-23-25-13-7-5-8-14-25)21-57(30)44(64)29(55-46(67)69-22-24(2)3)17-11-18-52-42(62)32-33(45(65)66)35(48)37(50)36(49)34(32)47/h5-10,13-16,24,27-30,38H,4,11-12,17-23H2,1-3H3,(H2,51,60)(H,52,62)(H,53,63)(H,54,61)(H,55,67)(H,56,58)(H,65,66). The van der Waals surface area contributed by atoms with Crippen molar-refractivity contribution in [3.63, 3.8) is 0 Å². The molecule has 7 amide bonds. The maximum absolute atomic E-state index is 14.6. The number of primary amides is 1. The van der Waals surface area contributed by atoms with Crippen LogP contribution in [0.3, 0.4) is 0 Å². The van der Waals surface area contributed by atoms with Gasteiger partial charge in [-0.25, -0.2) is 27.2 Å². The van der Waals surface area contributed by atoms with Gasteiger partial charge in [0, 0.05) is 19.5 Å². The zero-order chi connectivity index (χ0) is 50.9. The molecule has 1 saturated heterocycles. The molecule has 0 aromatic heterocycles. The van der Waals surface area contributed by atoms with Crippen LogP contribution < -0.4 is 32.3 Å². The van der Waals surface area contributed by atoms with E-state index in [9.17, 15) is 65.8 Å². The number of ether oxygens (including phenoxy) is 2. The maximum Gasteiger partial charge on any atom is 0.407 e. The highest BCUT2D eigenvalue weighted by molar-refractivity contribution is 6.38. The van der Waals surface area contributed by atoms with Gasteiger partial charge in [0.15, 0.2) is 23.3 Å². The van der Waals surface area contributed by atoms with Crippen LogP contribution in [0, 0.1) is 29.2 Å². The largest absolute Gasteiger partial charge is 0.478 e. The van der Waals surface area contributed by atoms with Crippen LogP contribution in [0.15, 0.2) is 60.7 Å². The predicted octanol–water partition coefficient (Wildman–Crippen LogP) is 2.70. The maximum atomic E-state index is 14.6. The third kappa shape index (κ3) is 15.0. The van der Waals surface area contributed by atoms with Gasteiger partial charge in [0.05, 0.1) is 37.5 Å². The fourth-order valence-electron chi connectivity index (χ4n) is 7.13. The number of nitrogens with one attached hydrogen (secondary N) is 5. The Bertz CT molecular complexity index is 2380. The molecule has 3 aromatic rings. The summed E-state index contributed by atoms with van der Waals surface area (Å²) in [5.41, 5.74) is 3.18. The second-order valence-electron chi connectivity index (χ2n) is 16.3. The van der Waals surface area contributed by atoms with E-state index in [0.29, 0.717) is 5.56 Å². The summed E-state index contributed by atoms with van der Waals surface area (Å²) in [6, 6.07) is 11.3. The molecule has 0 aliphatic carbocycles. The number of nitrogens with zero attached hydrogens (tertiary/aromatic N) is 1. The van der Waals surface area contributed by atoms with Crippen LogP contribution in [0.5, 0.6) is 0 Å². The van der Waals surface area contributed by atoms with Gasteiger partial charge in [0.2, 0.25) is 29.4 Å². The lowest BCUT2D eigenvalue weighted by Crippen LogP contribution is -2.56. The quantitative estimate of drug-likeness (QED) is 0.0224. The van der Waals surface area contributed by atoms with Crippen LogP contribution in [0.4, 0.5) is 22.4 Å². The van der Waals surface area contributed by atoms with Crippen molar-refractivity contribution in [3.05, 3.63) is 106 Å². The van der Waals surface area contributed by atoms with Crippen molar-refractivity contribution in [1.82, 2.24) is 31.5 Å². The van der Waals surface area contributed by atoms with Crippen molar-refractivity contribution in [2.75, 3.05) is 26.2 Å². The molecule has 1 aliphatic rings. The molecule has 1 aliphatic heterocycles. The fraction of sp³-hybridized carbons (Fsp3) is 0.413. The second-order valence-corrected chi connectivity index (χ2v) is 16.3. The predicted molar refractivity (Wildman–Crippen MR) is 234 cm³/mol. The van der Waals surface area contributed by atoms with Gasteiger partial charge < -0.3 is 51.8 Å². The van der Waals surface area contributed by atoms with E-state index in [1.807, 2.05) is 0 Å². The number of carboxylic acids is 1. The molecule has 0 saturated carbocycles. The van der Waals surface area contributed by atoms with Gasteiger partial charge in [-0.3, -0.25) is 33.6 Å². The van der Waals surface area contributed by atoms with Crippen LogP contribution in [-0.4, -0.2) is 114 Å². The summed E-state index contributed by atoms with van der Waals surface area (Å²) in [5.74, 6) is -19.4. The van der Waals surface area contributed by atoms with Crippen LogP contribution in [-0.2, 0) is 44.8 Å². The van der Waals surface area contributed by atoms with E-state index in [-0.39, 0.29) is 57.8 Å². The second kappa shape index (κ2) is 25.6. The van der Waals surface area contributed by atoms with Gasteiger partial charge in [-0.1, -0.05) is 87.9 Å². The molecule has 0 spiro atoms. The molecule has 5 unspecified atom stereocenters. The lowest BCUT2D eigenvalue weighted by atomic mass is 10.0. The number of ketones is 1. The number of rotatable bonds is 24. The number of hydrogen-bond donors (Lipinski definition) is 7. The number of carbonyl (C=O) groups excluding carboxylic acids is 8. The molecule has 372 valence electrons. The van der Waals surface area contributed by atoms with Gasteiger partial charge in [0.1, 0.15) is 23.7 Å². The lowest BCUT2D eigenvalue weighted by Gasteiger charge is -2.29. The van der Waals surface area contributed by atoms with Crippen molar-refractivity contribution in [3.8, 4) is 0 Å². The van der Waals surface area contributed by atoms with Gasteiger partial charge in [-0.05, 0) is 36.3 Å². The summed E-state index contributed by atoms with van der Waals surface area (Å²) in [4.78, 5) is 119. The first kappa shape index (κ1) is 54.2. The minimum atomic E-state index is -2.45. The number of aromatic carboxylic acids is 1. The number of alkyl carbamates (subject to hydrolysis) is 1. The molecule has 5 atom stereocenters. The Labute approximate surface area is 393 Å². The molecule has 1 heterocycles. The molecule has 0 bridgehead atoms. The Morgan fingerprint density at radius 3 is 2.01 bits per heavy atom. The summed E-state index contributed by atoms with van der Waals surface area (Å²) in [5, 5.41) is 20.9. The fourth-order valence-corrected chi connectivity index (χ4v) is 7.13. The third-order valence-electron chi connectivity index (χ3n) is 10.5. The van der Waals surface area contributed by atoms with E-state index in [1.165, 1.54) is 0 Å². The van der Waals surface area contributed by atoms with Crippen LogP contribution in [0.25, 0.3) is 0 Å². The van der Waals surface area contributed by atoms with E-state index >= 15 is 0 Å². The number of halogens is 4. The number of carbonyl (C=O) groups is 9. The summed E-state index contributed by atoms with van der Waals surface area (Å²) in [6.45, 7) is 3.60. The van der Waals surface area contributed by atoms with Gasteiger partial charge >= 0.3 is 12.1 Å². The Kier molecular flexibility index (Phi) is 20.1. The summed E-state index contributed by atoms with van der Waals surface area (Å²) in [6.07, 6.45) is -2.43. The molecule has 0 radical (unpaired) electrons. The van der Waals surface area contributed by atoms with Crippen molar-refractivity contribution in [2.45, 2.75) is 89.8 Å². The molecule has 23 heteroatoms. The van der Waals surface area contributed by atoms with Crippen molar-refractivity contribution >= 4 is 53.3 Å². The monoisotopic (exact) mass is 971 g/mol. The molecule has 1 fully saturated rings. The number of likely N-dealkylation sites (tertiary alicyclic amines) is 1. The minimum Gasteiger partial charge on any atom is -0.478 e. The van der Waals surface area contributed by atoms with Crippen molar-refractivity contribution < 1.29 is 75.3 Å². The van der Waals surface area contributed by atoms with Gasteiger partial charge in [-0.15, -0.1) is 0 Å². The van der Waals surface area contributed by atoms with Crippen LogP contribution in [0.1, 0.15) is 90.8 Å². The van der Waals surface area contributed by atoms with Gasteiger partial charge in [0.25, 0.3) is 11.8 Å². The van der Waals surface area contributed by atoms with E-state index in [2.05, 4.69) is 26.6 Å². The normalized spacial score (nSPS) is 15.6. The molecule has 69 heavy (non-hydrogen) atoms. The number of amides is 7. The first-order chi connectivity index (χ1) is 32.7. The smallest absolute Gasteiger partial charge is 0.407 e. The first-order valence-electron chi connectivity index (χ1n) is 21.8. The number of hydrogen-bond acceptors (Lipinski definition) is 11. The number of nitrogens with two attached hydrogens (primary N) is 1. The van der Waals surface area contributed by atoms with Crippen LogP contribution >= 0.6 is 0 Å². The minimum absolute atomic E-state index is 0.0487.